The third kappa shape index (κ3) is 3.58. The topological polar surface area (TPSA) is 69.6 Å². The van der Waals surface area contributed by atoms with Crippen molar-refractivity contribution in [2.45, 2.75) is 23.7 Å². The van der Waals surface area contributed by atoms with Gasteiger partial charge in [0.05, 0.1) is 25.4 Å². The molecule has 0 aromatic heterocycles. The molecule has 0 atom stereocenters. The minimum Gasteiger partial charge on any atom is -0.493 e. The predicted molar refractivity (Wildman–Crippen MR) is 124 cm³/mol. The highest BCUT2D eigenvalue weighted by Gasteiger charge is 2.50. The molecule has 7 nitrogen and oxygen atoms in total. The number of para-hydroxylation sites is 1. The fourth-order valence-corrected chi connectivity index (χ4v) is 4.45. The van der Waals surface area contributed by atoms with E-state index in [0.29, 0.717) is 46.4 Å². The zero-order valence-corrected chi connectivity index (χ0v) is 20.0. The van der Waals surface area contributed by atoms with Crippen molar-refractivity contribution in [2.24, 2.45) is 4.99 Å². The summed E-state index contributed by atoms with van der Waals surface area (Å²) in [5.74, 6) is 1.06. The fourth-order valence-electron chi connectivity index (χ4n) is 3.94. The van der Waals surface area contributed by atoms with Gasteiger partial charge in [0.15, 0.2) is 11.5 Å². The van der Waals surface area contributed by atoms with Gasteiger partial charge >= 0.3 is 0 Å². The Morgan fingerprint density at radius 1 is 1.06 bits per heavy atom. The van der Waals surface area contributed by atoms with Crippen molar-refractivity contribution in [1.82, 2.24) is 0 Å². The number of rotatable bonds is 6. The van der Waals surface area contributed by atoms with Gasteiger partial charge < -0.3 is 18.9 Å². The lowest BCUT2D eigenvalue weighted by atomic mass is 9.95. The van der Waals surface area contributed by atoms with Crippen molar-refractivity contribution < 1.29 is 23.7 Å². The average molecular weight is 479 g/mol. The van der Waals surface area contributed by atoms with E-state index in [2.05, 4.69) is 0 Å². The summed E-state index contributed by atoms with van der Waals surface area (Å²) in [6.45, 7) is 4.44. The zero-order valence-electron chi connectivity index (χ0n) is 18.5. The van der Waals surface area contributed by atoms with Crippen molar-refractivity contribution in [3.63, 3.8) is 0 Å². The Kier molecular flexibility index (Phi) is 5.77. The monoisotopic (exact) mass is 478 g/mol. The van der Waals surface area contributed by atoms with Gasteiger partial charge in [-0.15, -0.1) is 0 Å². The molecule has 0 spiro atoms. The minimum atomic E-state index is -1.72. The van der Waals surface area contributed by atoms with Crippen LogP contribution in [-0.4, -0.2) is 52.0 Å². The summed E-state index contributed by atoms with van der Waals surface area (Å²) < 4.78 is 20.6. The lowest BCUT2D eigenvalue weighted by Crippen LogP contribution is -2.34. The van der Waals surface area contributed by atoms with Crippen LogP contribution in [0.5, 0.6) is 11.5 Å². The predicted octanol–water partition coefficient (Wildman–Crippen LogP) is 4.51. The lowest BCUT2D eigenvalue weighted by molar-refractivity contribution is -0.119. The van der Waals surface area contributed by atoms with Crippen molar-refractivity contribution in [3.05, 3.63) is 41.5 Å². The molecule has 2 aromatic rings. The quantitative estimate of drug-likeness (QED) is 0.571. The molecule has 0 N–H and O–H groups in total. The van der Waals surface area contributed by atoms with Gasteiger partial charge in [0.1, 0.15) is 13.3 Å². The van der Waals surface area contributed by atoms with Gasteiger partial charge in [0.25, 0.3) is 5.91 Å². The van der Waals surface area contributed by atoms with Gasteiger partial charge in [-0.25, -0.2) is 4.99 Å². The second kappa shape index (κ2) is 8.14. The van der Waals surface area contributed by atoms with Crippen molar-refractivity contribution in [1.29, 1.82) is 0 Å². The van der Waals surface area contributed by atoms with Gasteiger partial charge in [0.2, 0.25) is 10.2 Å². The van der Waals surface area contributed by atoms with Gasteiger partial charge in [-0.05, 0) is 26.0 Å². The maximum atomic E-state index is 13.0. The van der Waals surface area contributed by atoms with E-state index in [1.165, 1.54) is 12.0 Å². The fraction of sp³-hybridized carbons (Fsp3) is 0.391. The molecule has 9 heteroatoms. The van der Waals surface area contributed by atoms with Crippen LogP contribution in [0.15, 0.2) is 35.3 Å². The normalized spacial score (nSPS) is 18.3. The number of nitrogens with zero attached hydrogens (tertiary/aromatic N) is 2. The third-order valence-electron chi connectivity index (χ3n) is 5.43. The first-order valence-electron chi connectivity index (χ1n) is 9.96. The Labute approximate surface area is 196 Å². The number of methoxy groups -OCH3 is 3. The van der Waals surface area contributed by atoms with Crippen LogP contribution in [0.25, 0.3) is 11.1 Å². The van der Waals surface area contributed by atoms with E-state index in [9.17, 15) is 4.79 Å². The molecule has 2 aliphatic rings. The highest BCUT2D eigenvalue weighted by molar-refractivity contribution is 6.60. The Balaban J connectivity index is 2.02. The van der Waals surface area contributed by atoms with E-state index in [-0.39, 0.29) is 12.3 Å². The number of hydrogen-bond donors (Lipinski definition) is 0. The summed E-state index contributed by atoms with van der Waals surface area (Å²) in [6.07, 6.45) is 0. The van der Waals surface area contributed by atoms with Crippen LogP contribution in [0.4, 0.5) is 5.69 Å². The van der Waals surface area contributed by atoms with Crippen LogP contribution in [0.2, 0.25) is 0 Å². The molecule has 0 fully saturated rings. The highest BCUT2D eigenvalue weighted by Crippen LogP contribution is 2.52. The van der Waals surface area contributed by atoms with Crippen molar-refractivity contribution in [3.8, 4) is 22.6 Å². The first-order chi connectivity index (χ1) is 15.1. The molecule has 2 aliphatic heterocycles. The maximum Gasteiger partial charge on any atom is 0.270 e. The van der Waals surface area contributed by atoms with Crippen LogP contribution in [0.1, 0.15) is 25.0 Å². The molecule has 0 unspecified atom stereocenters. The van der Waals surface area contributed by atoms with E-state index >= 15 is 0 Å². The number of hydrogen-bond acceptors (Lipinski definition) is 6. The van der Waals surface area contributed by atoms with Crippen molar-refractivity contribution >= 4 is 40.7 Å². The van der Waals surface area contributed by atoms with Crippen LogP contribution in [0, 0.1) is 0 Å². The maximum absolute atomic E-state index is 13.0. The first kappa shape index (κ1) is 22.7. The van der Waals surface area contributed by atoms with Gasteiger partial charge in [-0.1, -0.05) is 41.4 Å². The number of anilines is 1. The summed E-state index contributed by atoms with van der Waals surface area (Å²) in [5, 5.41) is 0. The SMILES string of the molecule is COCN1C(=O)C(Cl)(Cl)c2cccc(-c3cc(OC)c(OC)cc3C3=NC(C)(C)CO3)c21. The molecule has 0 aliphatic carbocycles. The van der Waals surface area contributed by atoms with Crippen LogP contribution in [0.3, 0.4) is 0 Å². The number of carbonyl (C=O) groups excluding carboxylic acids is 1. The van der Waals surface area contributed by atoms with Gasteiger partial charge in [0, 0.05) is 29.4 Å². The Bertz CT molecular complexity index is 1110. The Morgan fingerprint density at radius 3 is 2.28 bits per heavy atom. The average Bonchev–Trinajstić information content (AvgIpc) is 3.23. The van der Waals surface area contributed by atoms with Gasteiger partial charge in [-0.2, -0.15) is 0 Å². The first-order valence-corrected chi connectivity index (χ1v) is 10.7. The summed E-state index contributed by atoms with van der Waals surface area (Å²) in [4.78, 5) is 19.2. The molecule has 2 heterocycles. The summed E-state index contributed by atoms with van der Waals surface area (Å²) in [7, 11) is 4.63. The number of alkyl halides is 2. The molecule has 1 amide bonds. The molecule has 0 bridgehead atoms. The van der Waals surface area contributed by atoms with E-state index in [0.717, 1.165) is 5.56 Å². The number of benzene rings is 2. The number of ether oxygens (including phenoxy) is 4. The van der Waals surface area contributed by atoms with Crippen LogP contribution >= 0.6 is 23.2 Å². The van der Waals surface area contributed by atoms with Gasteiger partial charge in [-0.3, -0.25) is 9.69 Å². The van der Waals surface area contributed by atoms with E-state index in [1.54, 1.807) is 26.4 Å². The number of halogens is 2. The van der Waals surface area contributed by atoms with E-state index in [1.807, 2.05) is 32.0 Å². The molecule has 32 heavy (non-hydrogen) atoms. The third-order valence-corrected chi connectivity index (χ3v) is 6.16. The van der Waals surface area contributed by atoms with Crippen molar-refractivity contribution in [2.75, 3.05) is 39.6 Å². The molecule has 170 valence electrons. The molecular formula is C23H24Cl2N2O5. The largest absolute Gasteiger partial charge is 0.493 e. The summed E-state index contributed by atoms with van der Waals surface area (Å²) in [5.41, 5.74) is 2.83. The number of amides is 1. The summed E-state index contributed by atoms with van der Waals surface area (Å²) in [6, 6.07) is 9.08. The van der Waals surface area contributed by atoms with E-state index in [4.69, 9.17) is 47.1 Å². The second-order valence-electron chi connectivity index (χ2n) is 8.20. The number of fused-ring (bicyclic) bond motifs is 1. The molecule has 0 radical (unpaired) electrons. The Morgan fingerprint density at radius 2 is 1.72 bits per heavy atom. The van der Waals surface area contributed by atoms with E-state index < -0.39 is 10.2 Å². The summed E-state index contributed by atoms with van der Waals surface area (Å²) >= 11 is 12.9. The number of aliphatic imine (C=N–C) groups is 1. The standard InChI is InChI=1S/C23H24Cl2N2O5/c1-22(2)11-32-20(26-22)15-10-18(31-5)17(30-4)9-14(15)13-7-6-8-16-19(13)27(12-29-3)21(28)23(16,24)25/h6-10H,11-12H2,1-5H3. The second-order valence-corrected chi connectivity index (χ2v) is 9.53. The zero-order chi connectivity index (χ0) is 23.3. The smallest absolute Gasteiger partial charge is 0.270 e. The number of carbonyl (C=O) groups is 1. The molecule has 4 rings (SSSR count). The molecule has 0 saturated carbocycles. The molecular weight excluding hydrogens is 455 g/mol. The highest BCUT2D eigenvalue weighted by atomic mass is 35.5. The minimum absolute atomic E-state index is 0.00284. The van der Waals surface area contributed by atoms with Crippen LogP contribution in [-0.2, 0) is 18.6 Å². The van der Waals surface area contributed by atoms with Crippen LogP contribution < -0.4 is 14.4 Å². The molecule has 2 aromatic carbocycles. The lowest BCUT2D eigenvalue weighted by Gasteiger charge is -2.21. The molecule has 0 saturated heterocycles. The Hall–Kier alpha value is -2.48.